The fraction of sp³-hybridized carbons (Fsp3) is 0.222. The number of carbonyl (C=O) groups excluding carboxylic acids is 2. The van der Waals surface area contributed by atoms with E-state index < -0.39 is 0 Å². The van der Waals surface area contributed by atoms with Crippen LogP contribution in [0.15, 0.2) is 40.2 Å². The summed E-state index contributed by atoms with van der Waals surface area (Å²) >= 11 is 4.92. The van der Waals surface area contributed by atoms with Crippen LogP contribution in [-0.2, 0) is 9.59 Å². The van der Waals surface area contributed by atoms with Crippen molar-refractivity contribution >= 4 is 50.8 Å². The van der Waals surface area contributed by atoms with Gasteiger partial charge in [-0.3, -0.25) is 9.59 Å². The van der Waals surface area contributed by atoms with E-state index in [1.54, 1.807) is 13.1 Å². The number of aryl methyl sites for hydroxylation is 2. The SMILES string of the molecule is Cc1ccc(C)c(NC(=O)CN(C)C(=O)/C=C/c2ccc(Br)s2)c1. The molecule has 0 aliphatic heterocycles. The standard InChI is InChI=1S/C18H19BrN2O2S/c1-12-4-5-13(2)15(10-12)20-17(22)11-21(3)18(23)9-7-14-6-8-16(19)24-14/h4-10H,11H2,1-3H3,(H,20,22)/b9-7+. The van der Waals surface area contributed by atoms with Gasteiger partial charge in [-0.1, -0.05) is 12.1 Å². The molecule has 0 spiro atoms. The Morgan fingerprint density at radius 2 is 2.00 bits per heavy atom. The van der Waals surface area contributed by atoms with Crippen molar-refractivity contribution < 1.29 is 9.59 Å². The molecule has 0 saturated heterocycles. The van der Waals surface area contributed by atoms with Crippen LogP contribution in [0.1, 0.15) is 16.0 Å². The normalized spacial score (nSPS) is 10.8. The van der Waals surface area contributed by atoms with Crippen LogP contribution in [0.3, 0.4) is 0 Å². The summed E-state index contributed by atoms with van der Waals surface area (Å²) in [5.74, 6) is -0.428. The smallest absolute Gasteiger partial charge is 0.246 e. The lowest BCUT2D eigenvalue weighted by atomic mass is 10.1. The van der Waals surface area contributed by atoms with E-state index >= 15 is 0 Å². The lowest BCUT2D eigenvalue weighted by Gasteiger charge is -2.16. The molecule has 1 heterocycles. The zero-order chi connectivity index (χ0) is 17.7. The Labute approximate surface area is 154 Å². The number of hydrogen-bond acceptors (Lipinski definition) is 3. The molecule has 0 fully saturated rings. The van der Waals surface area contributed by atoms with Crippen molar-refractivity contribution in [2.75, 3.05) is 18.9 Å². The van der Waals surface area contributed by atoms with Crippen LogP contribution in [0, 0.1) is 13.8 Å². The topological polar surface area (TPSA) is 49.4 Å². The summed E-state index contributed by atoms with van der Waals surface area (Å²) in [7, 11) is 1.61. The fourth-order valence-electron chi connectivity index (χ4n) is 2.05. The summed E-state index contributed by atoms with van der Waals surface area (Å²) in [6, 6.07) is 9.72. The quantitative estimate of drug-likeness (QED) is 0.754. The fourth-order valence-corrected chi connectivity index (χ4v) is 3.38. The molecule has 0 aliphatic carbocycles. The maximum Gasteiger partial charge on any atom is 0.246 e. The zero-order valence-electron chi connectivity index (χ0n) is 13.8. The Hall–Kier alpha value is -1.92. The van der Waals surface area contributed by atoms with E-state index in [1.165, 1.54) is 22.3 Å². The first-order valence-electron chi connectivity index (χ1n) is 7.41. The number of amides is 2. The van der Waals surface area contributed by atoms with E-state index in [9.17, 15) is 9.59 Å². The second kappa shape index (κ2) is 8.26. The number of nitrogens with zero attached hydrogens (tertiary/aromatic N) is 1. The third kappa shape index (κ3) is 5.32. The number of nitrogens with one attached hydrogen (secondary N) is 1. The number of carbonyl (C=O) groups is 2. The molecule has 1 N–H and O–H groups in total. The second-order valence-electron chi connectivity index (χ2n) is 5.54. The highest BCUT2D eigenvalue weighted by atomic mass is 79.9. The van der Waals surface area contributed by atoms with Crippen molar-refractivity contribution in [3.8, 4) is 0 Å². The second-order valence-corrected chi connectivity index (χ2v) is 8.03. The average Bonchev–Trinajstić information content (AvgIpc) is 2.94. The summed E-state index contributed by atoms with van der Waals surface area (Å²) in [6.07, 6.45) is 3.22. The van der Waals surface area contributed by atoms with Crippen molar-refractivity contribution in [2.24, 2.45) is 0 Å². The molecule has 24 heavy (non-hydrogen) atoms. The number of likely N-dealkylation sites (N-methyl/N-ethyl adjacent to an activating group) is 1. The highest BCUT2D eigenvalue weighted by molar-refractivity contribution is 9.11. The lowest BCUT2D eigenvalue weighted by molar-refractivity contribution is -0.129. The lowest BCUT2D eigenvalue weighted by Crippen LogP contribution is -2.34. The van der Waals surface area contributed by atoms with Crippen molar-refractivity contribution in [3.63, 3.8) is 0 Å². The van der Waals surface area contributed by atoms with E-state index in [4.69, 9.17) is 0 Å². The molecule has 0 saturated carbocycles. The van der Waals surface area contributed by atoms with Gasteiger partial charge >= 0.3 is 0 Å². The van der Waals surface area contributed by atoms with E-state index in [0.717, 1.165) is 25.5 Å². The van der Waals surface area contributed by atoms with Crippen LogP contribution >= 0.6 is 27.3 Å². The predicted octanol–water partition coefficient (Wildman–Crippen LogP) is 4.24. The van der Waals surface area contributed by atoms with Crippen molar-refractivity contribution in [2.45, 2.75) is 13.8 Å². The van der Waals surface area contributed by atoms with Gasteiger partial charge in [0, 0.05) is 23.7 Å². The van der Waals surface area contributed by atoms with E-state index in [1.807, 2.05) is 44.2 Å². The van der Waals surface area contributed by atoms with Crippen LogP contribution < -0.4 is 5.32 Å². The summed E-state index contributed by atoms with van der Waals surface area (Å²) in [5, 5.41) is 2.85. The number of halogens is 1. The van der Waals surface area contributed by atoms with Gasteiger partial charge < -0.3 is 10.2 Å². The van der Waals surface area contributed by atoms with Gasteiger partial charge in [-0.15, -0.1) is 11.3 Å². The summed E-state index contributed by atoms with van der Waals surface area (Å²) in [4.78, 5) is 26.6. The van der Waals surface area contributed by atoms with Crippen molar-refractivity contribution in [1.82, 2.24) is 4.90 Å². The molecule has 0 radical (unpaired) electrons. The number of thiophene rings is 1. The minimum atomic E-state index is -0.216. The number of anilines is 1. The van der Waals surface area contributed by atoms with Gasteiger partial charge in [0.05, 0.1) is 10.3 Å². The van der Waals surface area contributed by atoms with Crippen LogP contribution in [0.5, 0.6) is 0 Å². The molecule has 4 nitrogen and oxygen atoms in total. The van der Waals surface area contributed by atoms with Crippen molar-refractivity contribution in [1.29, 1.82) is 0 Å². The largest absolute Gasteiger partial charge is 0.333 e. The minimum absolute atomic E-state index is 0.00465. The molecule has 2 amide bonds. The van der Waals surface area contributed by atoms with Gasteiger partial charge in [-0.25, -0.2) is 0 Å². The molecule has 1 aromatic heterocycles. The number of rotatable bonds is 5. The molecule has 1 aromatic carbocycles. The van der Waals surface area contributed by atoms with Gasteiger partial charge in [0.25, 0.3) is 0 Å². The molecular weight excluding hydrogens is 388 g/mol. The monoisotopic (exact) mass is 406 g/mol. The zero-order valence-corrected chi connectivity index (χ0v) is 16.2. The molecule has 0 aliphatic rings. The highest BCUT2D eigenvalue weighted by Crippen LogP contribution is 2.23. The maximum absolute atomic E-state index is 12.1. The summed E-state index contributed by atoms with van der Waals surface area (Å²) in [6.45, 7) is 3.91. The Balaban J connectivity index is 1.92. The summed E-state index contributed by atoms with van der Waals surface area (Å²) in [5.41, 5.74) is 2.84. The van der Waals surface area contributed by atoms with Crippen LogP contribution in [-0.4, -0.2) is 30.3 Å². The van der Waals surface area contributed by atoms with Gasteiger partial charge in [-0.05, 0) is 65.2 Å². The first kappa shape index (κ1) is 18.4. The van der Waals surface area contributed by atoms with Gasteiger partial charge in [0.1, 0.15) is 0 Å². The Bertz CT molecular complexity index is 783. The molecule has 2 aromatic rings. The molecule has 0 unspecified atom stereocenters. The van der Waals surface area contributed by atoms with Gasteiger partial charge in [0.15, 0.2) is 0 Å². The van der Waals surface area contributed by atoms with Gasteiger partial charge in [-0.2, -0.15) is 0 Å². The van der Waals surface area contributed by atoms with Crippen LogP contribution in [0.2, 0.25) is 0 Å². The van der Waals surface area contributed by atoms with E-state index in [-0.39, 0.29) is 18.4 Å². The summed E-state index contributed by atoms with van der Waals surface area (Å²) < 4.78 is 1.01. The van der Waals surface area contributed by atoms with Crippen LogP contribution in [0.4, 0.5) is 5.69 Å². The first-order chi connectivity index (χ1) is 11.3. The van der Waals surface area contributed by atoms with Crippen molar-refractivity contribution in [3.05, 3.63) is 56.2 Å². The third-order valence-corrected chi connectivity index (χ3v) is 5.00. The molecular formula is C18H19BrN2O2S. The molecule has 0 bridgehead atoms. The Morgan fingerprint density at radius 1 is 1.25 bits per heavy atom. The Kier molecular flexibility index (Phi) is 6.34. The Morgan fingerprint density at radius 3 is 2.67 bits per heavy atom. The van der Waals surface area contributed by atoms with Crippen LogP contribution in [0.25, 0.3) is 6.08 Å². The molecule has 6 heteroatoms. The third-order valence-electron chi connectivity index (χ3n) is 3.41. The molecule has 2 rings (SSSR count). The first-order valence-corrected chi connectivity index (χ1v) is 9.01. The average molecular weight is 407 g/mol. The van der Waals surface area contributed by atoms with Gasteiger partial charge in [0.2, 0.25) is 11.8 Å². The molecule has 126 valence electrons. The number of hydrogen-bond donors (Lipinski definition) is 1. The predicted molar refractivity (Wildman–Crippen MR) is 103 cm³/mol. The minimum Gasteiger partial charge on any atom is -0.333 e. The van der Waals surface area contributed by atoms with E-state index in [2.05, 4.69) is 21.2 Å². The van der Waals surface area contributed by atoms with E-state index in [0.29, 0.717) is 0 Å². The molecule has 0 atom stereocenters. The number of benzene rings is 1. The maximum atomic E-state index is 12.1. The highest BCUT2D eigenvalue weighted by Gasteiger charge is 2.11.